The smallest absolute Gasteiger partial charge is 0.293 e. The summed E-state index contributed by atoms with van der Waals surface area (Å²) in [6.45, 7) is 1.54. The van der Waals surface area contributed by atoms with Crippen LogP contribution < -0.4 is 11.2 Å². The second-order valence-electron chi connectivity index (χ2n) is 5.11. The van der Waals surface area contributed by atoms with E-state index in [1.807, 2.05) is 0 Å². The molecule has 2 heterocycles. The molecule has 3 rings (SSSR count). The number of amides is 1. The molecule has 0 unspecified atom stereocenters. The van der Waals surface area contributed by atoms with Crippen LogP contribution in [-0.4, -0.2) is 47.5 Å². The first-order chi connectivity index (χ1) is 12.9. The van der Waals surface area contributed by atoms with Crippen LogP contribution in [0.3, 0.4) is 0 Å². The highest BCUT2D eigenvalue weighted by Gasteiger charge is 2.20. The van der Waals surface area contributed by atoms with Gasteiger partial charge in [-0.15, -0.1) is 5.10 Å². The van der Waals surface area contributed by atoms with Gasteiger partial charge in [-0.1, -0.05) is 5.21 Å². The van der Waals surface area contributed by atoms with E-state index in [1.165, 1.54) is 0 Å². The highest BCUT2D eigenvalue weighted by molar-refractivity contribution is 5.94. The van der Waals surface area contributed by atoms with Crippen molar-refractivity contribution in [2.24, 2.45) is 5.10 Å². The number of nitrogen functional groups attached to an aromatic ring is 1. The molecule has 4 N–H and O–H groups in total. The van der Waals surface area contributed by atoms with Crippen LogP contribution >= 0.6 is 0 Å². The summed E-state index contributed by atoms with van der Waals surface area (Å²) in [7, 11) is 0. The van der Waals surface area contributed by atoms with Crippen molar-refractivity contribution in [2.45, 2.75) is 6.92 Å². The zero-order valence-corrected chi connectivity index (χ0v) is 13.6. The number of aromatic hydroxyl groups is 1. The van der Waals surface area contributed by atoms with Crippen molar-refractivity contribution >= 4 is 23.6 Å². The van der Waals surface area contributed by atoms with Crippen molar-refractivity contribution < 1.29 is 19.5 Å². The fraction of sp³-hybridized carbons (Fsp3) is 0.0769. The number of hydrazone groups is 1. The molecule has 2 aromatic heterocycles. The number of phenols is 1. The highest BCUT2D eigenvalue weighted by Crippen LogP contribution is 2.21. The quantitative estimate of drug-likeness (QED) is 0.308. The number of hydrogen-bond donors (Lipinski definition) is 3. The van der Waals surface area contributed by atoms with Gasteiger partial charge in [0.2, 0.25) is 11.6 Å². The number of hydrogen-bond acceptors (Lipinski definition) is 11. The molecule has 3 aromatic rings. The second-order valence-corrected chi connectivity index (χ2v) is 5.11. The Morgan fingerprint density at radius 3 is 2.93 bits per heavy atom. The maximum absolute atomic E-state index is 12.2. The molecule has 0 spiro atoms. The minimum absolute atomic E-state index is 0.0332. The maximum Gasteiger partial charge on any atom is 0.293 e. The lowest BCUT2D eigenvalue weighted by atomic mass is 10.2. The van der Waals surface area contributed by atoms with E-state index in [2.05, 4.69) is 35.8 Å². The van der Waals surface area contributed by atoms with Crippen LogP contribution in [0.2, 0.25) is 0 Å². The zero-order valence-electron chi connectivity index (χ0n) is 13.6. The summed E-state index contributed by atoms with van der Waals surface area (Å²) in [4.78, 5) is 22.3. The number of nitrogens with zero attached hydrogens (tertiary/aromatic N) is 7. The molecule has 1 amide bonds. The molecule has 0 saturated carbocycles. The van der Waals surface area contributed by atoms with Crippen LogP contribution in [0.25, 0.3) is 5.82 Å². The van der Waals surface area contributed by atoms with Gasteiger partial charge in [-0.05, 0) is 23.3 Å². The SMILES string of the molecule is Cc1c(C(=O)N/N=C/c2cc([N+](=O)[O-])ccc2O)nnn1-c1nonc1N. The van der Waals surface area contributed by atoms with E-state index in [-0.39, 0.29) is 34.3 Å². The number of nitrogens with one attached hydrogen (secondary N) is 1. The molecule has 0 bridgehead atoms. The van der Waals surface area contributed by atoms with Crippen LogP contribution in [0.1, 0.15) is 21.7 Å². The van der Waals surface area contributed by atoms with Gasteiger partial charge in [-0.25, -0.2) is 10.1 Å². The summed E-state index contributed by atoms with van der Waals surface area (Å²) in [6.07, 6.45) is 1.06. The molecule has 14 nitrogen and oxygen atoms in total. The van der Waals surface area contributed by atoms with Crippen molar-refractivity contribution in [2.75, 3.05) is 5.73 Å². The molecule has 138 valence electrons. The molecule has 0 aliphatic carbocycles. The van der Waals surface area contributed by atoms with Gasteiger partial charge < -0.3 is 10.8 Å². The number of carbonyl (C=O) groups excluding carboxylic acids is 1. The highest BCUT2D eigenvalue weighted by atomic mass is 16.6. The number of carbonyl (C=O) groups is 1. The largest absolute Gasteiger partial charge is 0.507 e. The predicted molar refractivity (Wildman–Crippen MR) is 88.2 cm³/mol. The summed E-state index contributed by atoms with van der Waals surface area (Å²) in [5.41, 5.74) is 7.78. The monoisotopic (exact) mass is 373 g/mol. The Labute approximate surface area is 149 Å². The lowest BCUT2D eigenvalue weighted by Crippen LogP contribution is -2.19. The van der Waals surface area contributed by atoms with Crippen LogP contribution in [0.5, 0.6) is 5.75 Å². The fourth-order valence-electron chi connectivity index (χ4n) is 2.05. The average Bonchev–Trinajstić information content (AvgIpc) is 3.21. The molecule has 14 heteroatoms. The third kappa shape index (κ3) is 3.39. The molecule has 0 aliphatic rings. The standard InChI is InChI=1S/C13H11N9O5/c1-6-10(16-20-21(6)12-11(14)18-27-19-12)13(24)17-15-5-7-4-8(22(25)26)2-3-9(7)23/h2-5,23H,1H3,(H2,14,18)(H,17,24)/b15-5+. The second kappa shape index (κ2) is 6.87. The molecule has 0 saturated heterocycles. The third-order valence-corrected chi connectivity index (χ3v) is 3.40. The summed E-state index contributed by atoms with van der Waals surface area (Å²) in [6, 6.07) is 3.39. The fourth-order valence-corrected chi connectivity index (χ4v) is 2.05. The van der Waals surface area contributed by atoms with Gasteiger partial charge in [0.1, 0.15) is 5.75 Å². The molecular weight excluding hydrogens is 362 g/mol. The van der Waals surface area contributed by atoms with Crippen molar-refractivity contribution in [1.82, 2.24) is 30.7 Å². The van der Waals surface area contributed by atoms with E-state index in [0.29, 0.717) is 5.69 Å². The molecule has 0 fully saturated rings. The number of rotatable bonds is 5. The Bertz CT molecular complexity index is 1050. The van der Waals surface area contributed by atoms with Gasteiger partial charge in [0.15, 0.2) is 5.69 Å². The van der Waals surface area contributed by atoms with Crippen LogP contribution in [0, 0.1) is 17.0 Å². The number of nitrogens with two attached hydrogens (primary N) is 1. The number of aromatic nitrogens is 5. The number of non-ortho nitro benzene ring substituents is 1. The topological polar surface area (TPSA) is 200 Å². The normalized spacial score (nSPS) is 11.0. The number of nitro benzene ring substituents is 1. The number of benzene rings is 1. The third-order valence-electron chi connectivity index (χ3n) is 3.40. The minimum Gasteiger partial charge on any atom is -0.507 e. The van der Waals surface area contributed by atoms with E-state index in [4.69, 9.17) is 5.73 Å². The van der Waals surface area contributed by atoms with Crippen LogP contribution in [-0.2, 0) is 0 Å². The van der Waals surface area contributed by atoms with Gasteiger partial charge in [-0.3, -0.25) is 14.9 Å². The first-order valence-corrected chi connectivity index (χ1v) is 7.20. The first kappa shape index (κ1) is 17.5. The summed E-state index contributed by atoms with van der Waals surface area (Å²) < 4.78 is 5.63. The van der Waals surface area contributed by atoms with E-state index in [9.17, 15) is 20.0 Å². The van der Waals surface area contributed by atoms with E-state index in [0.717, 1.165) is 29.1 Å². The molecule has 1 aromatic carbocycles. The Balaban J connectivity index is 1.76. The average molecular weight is 373 g/mol. The van der Waals surface area contributed by atoms with Gasteiger partial charge >= 0.3 is 0 Å². The Morgan fingerprint density at radius 2 is 2.26 bits per heavy atom. The Kier molecular flexibility index (Phi) is 4.44. The van der Waals surface area contributed by atoms with E-state index in [1.54, 1.807) is 6.92 Å². The van der Waals surface area contributed by atoms with Crippen LogP contribution in [0.15, 0.2) is 27.9 Å². The lowest BCUT2D eigenvalue weighted by Gasteiger charge is -2.00. The number of phenolic OH excluding ortho intramolecular Hbond substituents is 1. The summed E-state index contributed by atoms with van der Waals surface area (Å²) in [5, 5.41) is 38.5. The molecule has 0 atom stereocenters. The van der Waals surface area contributed by atoms with Crippen molar-refractivity contribution in [3.05, 3.63) is 45.3 Å². The van der Waals surface area contributed by atoms with Crippen molar-refractivity contribution in [3.8, 4) is 11.6 Å². The minimum atomic E-state index is -0.713. The number of nitro groups is 1. The molecule has 0 aliphatic heterocycles. The van der Waals surface area contributed by atoms with Crippen LogP contribution in [0.4, 0.5) is 11.5 Å². The van der Waals surface area contributed by atoms with Crippen molar-refractivity contribution in [1.29, 1.82) is 0 Å². The maximum atomic E-state index is 12.2. The molecule has 0 radical (unpaired) electrons. The summed E-state index contributed by atoms with van der Waals surface area (Å²) in [5.74, 6) is -0.914. The first-order valence-electron chi connectivity index (χ1n) is 7.20. The lowest BCUT2D eigenvalue weighted by molar-refractivity contribution is -0.384. The van der Waals surface area contributed by atoms with E-state index >= 15 is 0 Å². The van der Waals surface area contributed by atoms with E-state index < -0.39 is 10.8 Å². The molecule has 27 heavy (non-hydrogen) atoms. The van der Waals surface area contributed by atoms with Gasteiger partial charge in [-0.2, -0.15) is 9.78 Å². The zero-order chi connectivity index (χ0) is 19.6. The molecular formula is C13H11N9O5. The van der Waals surface area contributed by atoms with Crippen molar-refractivity contribution in [3.63, 3.8) is 0 Å². The van der Waals surface area contributed by atoms with Gasteiger partial charge in [0, 0.05) is 17.7 Å². The predicted octanol–water partition coefficient (Wildman–Crippen LogP) is -0.0814. The number of anilines is 1. The summed E-state index contributed by atoms with van der Waals surface area (Å²) >= 11 is 0. The Morgan fingerprint density at radius 1 is 1.48 bits per heavy atom. The van der Waals surface area contributed by atoms with Gasteiger partial charge in [0.05, 0.1) is 16.8 Å². The van der Waals surface area contributed by atoms with Gasteiger partial charge in [0.25, 0.3) is 11.6 Å². The Hall–Kier alpha value is -4.36.